The first-order valence-corrected chi connectivity index (χ1v) is 9.14. The summed E-state index contributed by atoms with van der Waals surface area (Å²) in [5.74, 6) is 0.254. The van der Waals surface area contributed by atoms with E-state index in [4.69, 9.17) is 4.74 Å². The molecule has 3 N–H and O–H groups in total. The standard InChI is InChI=1S/C19H20N4O3S/c1-12(24)13-4-3-5-14(10-13)22-19-20-9-8-15(23-19)16-6-7-17(27-16)18(25)21-11-26-2/h3-10,12,24H,11H2,1-2H3,(H,21,25)(H,20,22,23). The molecule has 1 unspecified atom stereocenters. The molecule has 1 aromatic carbocycles. The number of hydrogen-bond donors (Lipinski definition) is 3. The maximum Gasteiger partial charge on any atom is 0.263 e. The lowest BCUT2D eigenvalue weighted by atomic mass is 10.1. The molecular weight excluding hydrogens is 364 g/mol. The normalized spacial score (nSPS) is 11.8. The molecule has 2 heterocycles. The molecule has 0 aliphatic heterocycles. The number of anilines is 2. The van der Waals surface area contributed by atoms with Gasteiger partial charge < -0.3 is 20.5 Å². The van der Waals surface area contributed by atoms with E-state index >= 15 is 0 Å². The number of aliphatic hydroxyl groups is 1. The summed E-state index contributed by atoms with van der Waals surface area (Å²) in [7, 11) is 1.52. The highest BCUT2D eigenvalue weighted by molar-refractivity contribution is 7.17. The highest BCUT2D eigenvalue weighted by Gasteiger charge is 2.11. The van der Waals surface area contributed by atoms with Crippen LogP contribution in [0.3, 0.4) is 0 Å². The number of hydrogen-bond acceptors (Lipinski definition) is 7. The highest BCUT2D eigenvalue weighted by Crippen LogP contribution is 2.27. The summed E-state index contributed by atoms with van der Waals surface area (Å²) in [4.78, 5) is 22.2. The maximum atomic E-state index is 12.0. The third-order valence-electron chi connectivity index (χ3n) is 3.74. The van der Waals surface area contributed by atoms with Crippen LogP contribution in [0, 0.1) is 0 Å². The third kappa shape index (κ3) is 4.88. The lowest BCUT2D eigenvalue weighted by molar-refractivity contribution is 0.0876. The first kappa shape index (κ1) is 19.0. The topological polar surface area (TPSA) is 96.4 Å². The summed E-state index contributed by atoms with van der Waals surface area (Å²) < 4.78 is 4.85. The predicted octanol–water partition coefficient (Wildman–Crippen LogP) is 3.34. The van der Waals surface area contributed by atoms with Crippen molar-refractivity contribution in [2.45, 2.75) is 13.0 Å². The molecule has 27 heavy (non-hydrogen) atoms. The van der Waals surface area contributed by atoms with Crippen LogP contribution >= 0.6 is 11.3 Å². The first-order chi connectivity index (χ1) is 13.1. The minimum atomic E-state index is -0.548. The van der Waals surface area contributed by atoms with Crippen molar-refractivity contribution in [2.75, 3.05) is 19.2 Å². The Kier molecular flexibility index (Phi) is 6.12. The summed E-state index contributed by atoms with van der Waals surface area (Å²) >= 11 is 1.35. The Morgan fingerprint density at radius 1 is 1.30 bits per heavy atom. The Morgan fingerprint density at radius 3 is 2.93 bits per heavy atom. The van der Waals surface area contributed by atoms with Gasteiger partial charge in [-0.25, -0.2) is 9.97 Å². The van der Waals surface area contributed by atoms with Gasteiger partial charge in [0.05, 0.1) is 21.6 Å². The van der Waals surface area contributed by atoms with E-state index < -0.39 is 6.10 Å². The fraction of sp³-hybridized carbons (Fsp3) is 0.211. The molecule has 0 aliphatic rings. The second kappa shape index (κ2) is 8.72. The van der Waals surface area contributed by atoms with Crippen LogP contribution in [-0.2, 0) is 4.74 Å². The average molecular weight is 384 g/mol. The molecule has 1 amide bonds. The van der Waals surface area contributed by atoms with Crippen LogP contribution in [0.5, 0.6) is 0 Å². The van der Waals surface area contributed by atoms with E-state index in [2.05, 4.69) is 20.6 Å². The Morgan fingerprint density at radius 2 is 2.15 bits per heavy atom. The minimum Gasteiger partial charge on any atom is -0.389 e. The molecule has 0 radical (unpaired) electrons. The summed E-state index contributed by atoms with van der Waals surface area (Å²) in [6.07, 6.45) is 1.11. The third-order valence-corrected chi connectivity index (χ3v) is 4.85. The summed E-state index contributed by atoms with van der Waals surface area (Å²) in [5, 5.41) is 15.5. The lowest BCUT2D eigenvalue weighted by Crippen LogP contribution is -2.24. The van der Waals surface area contributed by atoms with Gasteiger partial charge in [0.25, 0.3) is 5.91 Å². The second-order valence-corrected chi connectivity index (χ2v) is 6.88. The molecule has 8 heteroatoms. The number of thiophene rings is 1. The molecule has 0 spiro atoms. The average Bonchev–Trinajstić information content (AvgIpc) is 3.17. The van der Waals surface area contributed by atoms with Crippen molar-refractivity contribution in [3.8, 4) is 10.6 Å². The molecule has 0 saturated carbocycles. The van der Waals surface area contributed by atoms with Gasteiger partial charge in [0.1, 0.15) is 6.73 Å². The van der Waals surface area contributed by atoms with Gasteiger partial charge in [0, 0.05) is 19.0 Å². The van der Waals surface area contributed by atoms with Crippen LogP contribution in [0.2, 0.25) is 0 Å². The predicted molar refractivity (Wildman–Crippen MR) is 105 cm³/mol. The van der Waals surface area contributed by atoms with Crippen LogP contribution < -0.4 is 10.6 Å². The summed E-state index contributed by atoms with van der Waals surface area (Å²) in [6, 6.07) is 12.8. The van der Waals surface area contributed by atoms with Gasteiger partial charge in [0.15, 0.2) is 0 Å². The molecular formula is C19H20N4O3S. The van der Waals surface area contributed by atoms with Gasteiger partial charge >= 0.3 is 0 Å². The van der Waals surface area contributed by atoms with Gasteiger partial charge in [-0.05, 0) is 42.8 Å². The summed E-state index contributed by atoms with van der Waals surface area (Å²) in [5.41, 5.74) is 2.31. The number of aliphatic hydroxyl groups excluding tert-OH is 1. The van der Waals surface area contributed by atoms with Crippen LogP contribution in [0.15, 0.2) is 48.7 Å². The quantitative estimate of drug-likeness (QED) is 0.541. The zero-order valence-electron chi connectivity index (χ0n) is 15.0. The van der Waals surface area contributed by atoms with Gasteiger partial charge in [-0.1, -0.05) is 12.1 Å². The highest BCUT2D eigenvalue weighted by atomic mass is 32.1. The lowest BCUT2D eigenvalue weighted by Gasteiger charge is -2.09. The largest absolute Gasteiger partial charge is 0.389 e. The SMILES string of the molecule is COCNC(=O)c1ccc(-c2ccnc(Nc3cccc(C(C)O)c3)n2)s1. The second-order valence-electron chi connectivity index (χ2n) is 5.79. The Hall–Kier alpha value is -2.81. The van der Waals surface area contributed by atoms with E-state index in [1.807, 2.05) is 30.3 Å². The van der Waals surface area contributed by atoms with Crippen molar-refractivity contribution in [3.63, 3.8) is 0 Å². The van der Waals surface area contributed by atoms with Crippen molar-refractivity contribution < 1.29 is 14.6 Å². The van der Waals surface area contributed by atoms with E-state index in [9.17, 15) is 9.90 Å². The number of amides is 1. The molecule has 3 rings (SSSR count). The molecule has 0 bridgehead atoms. The van der Waals surface area contributed by atoms with Crippen LogP contribution in [-0.4, -0.2) is 34.8 Å². The number of aromatic nitrogens is 2. The van der Waals surface area contributed by atoms with Gasteiger partial charge in [-0.15, -0.1) is 11.3 Å². The smallest absolute Gasteiger partial charge is 0.263 e. The number of methoxy groups -OCH3 is 1. The van der Waals surface area contributed by atoms with Crippen molar-refractivity contribution in [1.82, 2.24) is 15.3 Å². The van der Waals surface area contributed by atoms with E-state index in [1.165, 1.54) is 18.4 Å². The number of nitrogens with zero attached hydrogens (tertiary/aromatic N) is 2. The molecule has 140 valence electrons. The number of nitrogens with one attached hydrogen (secondary N) is 2. The maximum absolute atomic E-state index is 12.0. The van der Waals surface area contributed by atoms with E-state index in [-0.39, 0.29) is 12.6 Å². The number of ether oxygens (including phenoxy) is 1. The van der Waals surface area contributed by atoms with Gasteiger partial charge in [-0.2, -0.15) is 0 Å². The van der Waals surface area contributed by atoms with E-state index in [0.29, 0.717) is 10.8 Å². The zero-order chi connectivity index (χ0) is 19.2. The van der Waals surface area contributed by atoms with E-state index in [1.54, 1.807) is 25.3 Å². The number of rotatable bonds is 7. The molecule has 3 aromatic rings. The van der Waals surface area contributed by atoms with Gasteiger partial charge in [0.2, 0.25) is 5.95 Å². The number of carbonyl (C=O) groups excluding carboxylic acids is 1. The van der Waals surface area contributed by atoms with Crippen molar-refractivity contribution in [2.24, 2.45) is 0 Å². The van der Waals surface area contributed by atoms with Crippen molar-refractivity contribution in [3.05, 3.63) is 59.1 Å². The van der Waals surface area contributed by atoms with E-state index in [0.717, 1.165) is 21.8 Å². The fourth-order valence-electron chi connectivity index (χ4n) is 2.38. The van der Waals surface area contributed by atoms with Crippen molar-refractivity contribution >= 4 is 28.9 Å². The zero-order valence-corrected chi connectivity index (χ0v) is 15.8. The van der Waals surface area contributed by atoms with Crippen molar-refractivity contribution in [1.29, 1.82) is 0 Å². The fourth-order valence-corrected chi connectivity index (χ4v) is 3.28. The first-order valence-electron chi connectivity index (χ1n) is 8.32. The molecule has 0 aliphatic carbocycles. The molecule has 0 saturated heterocycles. The number of carbonyl (C=O) groups is 1. The van der Waals surface area contributed by atoms with Crippen LogP contribution in [0.25, 0.3) is 10.6 Å². The molecule has 7 nitrogen and oxygen atoms in total. The minimum absolute atomic E-state index is 0.166. The Labute approximate surface area is 161 Å². The molecule has 1 atom stereocenters. The Balaban J connectivity index is 1.77. The number of benzene rings is 1. The molecule has 0 fully saturated rings. The summed E-state index contributed by atoms with van der Waals surface area (Å²) in [6.45, 7) is 1.88. The van der Waals surface area contributed by atoms with Gasteiger partial charge in [-0.3, -0.25) is 4.79 Å². The van der Waals surface area contributed by atoms with Crippen LogP contribution in [0.4, 0.5) is 11.6 Å². The van der Waals surface area contributed by atoms with Crippen LogP contribution in [0.1, 0.15) is 28.3 Å². The molecule has 2 aromatic heterocycles. The monoisotopic (exact) mass is 384 g/mol. The Bertz CT molecular complexity index is 927.